The molecule has 4 atom stereocenters. The molecule has 1 fully saturated rings. The summed E-state index contributed by atoms with van der Waals surface area (Å²) >= 11 is 0. The van der Waals surface area contributed by atoms with Crippen molar-refractivity contribution in [2.45, 2.75) is 40.2 Å². The highest BCUT2D eigenvalue weighted by atomic mass is 14.7. The number of rotatable bonds is 2. The first kappa shape index (κ1) is 8.06. The number of hydrogen-bond acceptors (Lipinski definition) is 1. The maximum Gasteiger partial charge on any atom is 0.00414 e. The molecular weight excluding hydrogens is 122 g/mol. The van der Waals surface area contributed by atoms with Crippen LogP contribution in [0.25, 0.3) is 0 Å². The topological polar surface area (TPSA) is 26.0 Å². The van der Waals surface area contributed by atoms with Crippen molar-refractivity contribution in [3.05, 3.63) is 0 Å². The van der Waals surface area contributed by atoms with Crippen LogP contribution in [0, 0.1) is 17.3 Å². The van der Waals surface area contributed by atoms with Crippen LogP contribution in [0.3, 0.4) is 0 Å². The van der Waals surface area contributed by atoms with Gasteiger partial charge in [0.15, 0.2) is 0 Å². The van der Waals surface area contributed by atoms with Crippen LogP contribution >= 0.6 is 0 Å². The second-order valence-electron chi connectivity index (χ2n) is 4.26. The van der Waals surface area contributed by atoms with Crippen LogP contribution in [0.15, 0.2) is 0 Å². The molecule has 1 nitrogen and oxygen atoms in total. The maximum atomic E-state index is 5.82. The molecule has 0 saturated heterocycles. The van der Waals surface area contributed by atoms with E-state index in [2.05, 4.69) is 27.7 Å². The molecule has 0 aromatic rings. The van der Waals surface area contributed by atoms with Gasteiger partial charge in [-0.2, -0.15) is 0 Å². The van der Waals surface area contributed by atoms with Gasteiger partial charge in [-0.15, -0.1) is 0 Å². The lowest BCUT2D eigenvalue weighted by Gasteiger charge is -2.23. The second kappa shape index (κ2) is 2.23. The van der Waals surface area contributed by atoms with E-state index in [4.69, 9.17) is 5.73 Å². The van der Waals surface area contributed by atoms with Crippen LogP contribution in [0.2, 0.25) is 0 Å². The van der Waals surface area contributed by atoms with Gasteiger partial charge in [0.05, 0.1) is 0 Å². The normalized spacial score (nSPS) is 44.7. The van der Waals surface area contributed by atoms with Gasteiger partial charge in [0.1, 0.15) is 0 Å². The second-order valence-corrected chi connectivity index (χ2v) is 4.26. The van der Waals surface area contributed by atoms with Crippen molar-refractivity contribution in [3.63, 3.8) is 0 Å². The molecule has 4 unspecified atom stereocenters. The Balaban J connectivity index is 2.50. The molecule has 1 saturated carbocycles. The maximum absolute atomic E-state index is 5.82. The van der Waals surface area contributed by atoms with Gasteiger partial charge in [0, 0.05) is 6.04 Å². The summed E-state index contributed by atoms with van der Waals surface area (Å²) < 4.78 is 0. The summed E-state index contributed by atoms with van der Waals surface area (Å²) in [4.78, 5) is 0. The van der Waals surface area contributed by atoms with Gasteiger partial charge in [-0.05, 0) is 30.6 Å². The van der Waals surface area contributed by atoms with Gasteiger partial charge in [0.2, 0.25) is 0 Å². The Kier molecular flexibility index (Phi) is 1.80. The zero-order chi connectivity index (χ0) is 7.94. The van der Waals surface area contributed by atoms with Gasteiger partial charge in [-0.3, -0.25) is 0 Å². The van der Waals surface area contributed by atoms with E-state index in [9.17, 15) is 0 Å². The average molecular weight is 141 g/mol. The molecule has 0 aliphatic heterocycles. The summed E-state index contributed by atoms with van der Waals surface area (Å²) in [5.41, 5.74) is 6.39. The van der Waals surface area contributed by atoms with Crippen molar-refractivity contribution >= 4 is 0 Å². The van der Waals surface area contributed by atoms with E-state index in [0.29, 0.717) is 17.4 Å². The van der Waals surface area contributed by atoms with Gasteiger partial charge in [-0.1, -0.05) is 20.8 Å². The molecule has 1 aliphatic carbocycles. The SMILES string of the molecule is CC(N)C(C)C1(C)CC1C. The van der Waals surface area contributed by atoms with Gasteiger partial charge >= 0.3 is 0 Å². The van der Waals surface area contributed by atoms with Crippen molar-refractivity contribution in [1.29, 1.82) is 0 Å². The summed E-state index contributed by atoms with van der Waals surface area (Å²) in [6.45, 7) is 9.06. The molecule has 2 N–H and O–H groups in total. The van der Waals surface area contributed by atoms with Crippen molar-refractivity contribution in [2.75, 3.05) is 0 Å². The van der Waals surface area contributed by atoms with Crippen molar-refractivity contribution in [3.8, 4) is 0 Å². The molecule has 0 heterocycles. The van der Waals surface area contributed by atoms with E-state index in [-0.39, 0.29) is 0 Å². The van der Waals surface area contributed by atoms with E-state index in [0.717, 1.165) is 5.92 Å². The van der Waals surface area contributed by atoms with Crippen LogP contribution in [-0.4, -0.2) is 6.04 Å². The van der Waals surface area contributed by atoms with E-state index in [1.165, 1.54) is 6.42 Å². The monoisotopic (exact) mass is 141 g/mol. The third-order valence-corrected chi connectivity index (χ3v) is 3.54. The zero-order valence-electron chi connectivity index (χ0n) is 7.52. The highest BCUT2D eigenvalue weighted by molar-refractivity contribution is 5.01. The predicted molar refractivity (Wildman–Crippen MR) is 44.7 cm³/mol. The summed E-state index contributed by atoms with van der Waals surface area (Å²) in [5, 5.41) is 0. The van der Waals surface area contributed by atoms with Crippen molar-refractivity contribution in [1.82, 2.24) is 0 Å². The van der Waals surface area contributed by atoms with Crippen molar-refractivity contribution < 1.29 is 0 Å². The van der Waals surface area contributed by atoms with E-state index in [1.54, 1.807) is 0 Å². The predicted octanol–water partition coefficient (Wildman–Crippen LogP) is 2.02. The lowest BCUT2D eigenvalue weighted by molar-refractivity contribution is 0.295. The molecular formula is C9H19N. The Morgan fingerprint density at radius 3 is 2.00 bits per heavy atom. The quantitative estimate of drug-likeness (QED) is 0.625. The minimum Gasteiger partial charge on any atom is -0.328 e. The van der Waals surface area contributed by atoms with E-state index in [1.807, 2.05) is 0 Å². The van der Waals surface area contributed by atoms with Crippen LogP contribution in [0.4, 0.5) is 0 Å². The Labute approximate surface area is 64.0 Å². The molecule has 0 radical (unpaired) electrons. The van der Waals surface area contributed by atoms with E-state index < -0.39 is 0 Å². The Hall–Kier alpha value is -0.0400. The van der Waals surface area contributed by atoms with Crippen LogP contribution in [0.1, 0.15) is 34.1 Å². The van der Waals surface area contributed by atoms with Crippen LogP contribution in [0.5, 0.6) is 0 Å². The largest absolute Gasteiger partial charge is 0.328 e. The fraction of sp³-hybridized carbons (Fsp3) is 1.00. The first-order valence-electron chi connectivity index (χ1n) is 4.24. The Morgan fingerprint density at radius 1 is 1.50 bits per heavy atom. The average Bonchev–Trinajstić information content (AvgIpc) is 2.41. The summed E-state index contributed by atoms with van der Waals surface area (Å²) in [6, 6.07) is 0.356. The third kappa shape index (κ3) is 1.07. The third-order valence-electron chi connectivity index (χ3n) is 3.54. The molecule has 10 heavy (non-hydrogen) atoms. The highest BCUT2D eigenvalue weighted by Gasteiger charge is 2.51. The number of hydrogen-bond donors (Lipinski definition) is 1. The molecule has 1 heteroatoms. The molecule has 0 spiro atoms. The van der Waals surface area contributed by atoms with Gasteiger partial charge < -0.3 is 5.73 Å². The fourth-order valence-corrected chi connectivity index (χ4v) is 1.84. The molecule has 0 aromatic heterocycles. The zero-order valence-corrected chi connectivity index (χ0v) is 7.52. The van der Waals surface area contributed by atoms with E-state index >= 15 is 0 Å². The smallest absolute Gasteiger partial charge is 0.00414 e. The minimum atomic E-state index is 0.356. The lowest BCUT2D eigenvalue weighted by atomic mass is 9.86. The van der Waals surface area contributed by atoms with Crippen LogP contribution < -0.4 is 5.73 Å². The molecule has 1 aliphatic rings. The minimum absolute atomic E-state index is 0.356. The first-order valence-corrected chi connectivity index (χ1v) is 4.24. The Bertz CT molecular complexity index is 131. The lowest BCUT2D eigenvalue weighted by Crippen LogP contribution is -2.30. The van der Waals surface area contributed by atoms with Gasteiger partial charge in [-0.25, -0.2) is 0 Å². The summed E-state index contributed by atoms with van der Waals surface area (Å²) in [5.74, 6) is 1.58. The Morgan fingerprint density at radius 2 is 1.90 bits per heavy atom. The van der Waals surface area contributed by atoms with Crippen LogP contribution in [-0.2, 0) is 0 Å². The summed E-state index contributed by atoms with van der Waals surface area (Å²) in [7, 11) is 0. The summed E-state index contributed by atoms with van der Waals surface area (Å²) in [6.07, 6.45) is 1.37. The first-order chi connectivity index (χ1) is 4.48. The van der Waals surface area contributed by atoms with Crippen molar-refractivity contribution in [2.24, 2.45) is 23.0 Å². The van der Waals surface area contributed by atoms with Gasteiger partial charge in [0.25, 0.3) is 0 Å². The standard InChI is InChI=1S/C9H19N/c1-6-5-9(6,4)7(2)8(3)10/h6-8H,5,10H2,1-4H3. The number of nitrogens with two attached hydrogens (primary N) is 1. The highest BCUT2D eigenvalue weighted by Crippen LogP contribution is 2.57. The molecule has 0 amide bonds. The molecule has 0 aromatic carbocycles. The fourth-order valence-electron chi connectivity index (χ4n) is 1.84. The molecule has 60 valence electrons. The molecule has 1 rings (SSSR count). The molecule has 0 bridgehead atoms.